The van der Waals surface area contributed by atoms with Crippen LogP contribution < -0.4 is 5.30 Å². The third kappa shape index (κ3) is 7.06. The Balaban J connectivity index is 2.75. The van der Waals surface area contributed by atoms with Crippen molar-refractivity contribution in [3.8, 4) is 5.75 Å². The summed E-state index contributed by atoms with van der Waals surface area (Å²) in [5, 5.41) is 13.0. The topological polar surface area (TPSA) is 23.5 Å². The van der Waals surface area contributed by atoms with Gasteiger partial charge in [0.2, 0.25) is 0 Å². The Kier molecular flexibility index (Phi) is 8.86. The lowest BCUT2D eigenvalue weighted by atomic mass is 9.77. The monoisotopic (exact) mass is 469 g/mol. The fourth-order valence-electron chi connectivity index (χ4n) is 4.47. The van der Waals surface area contributed by atoms with Gasteiger partial charge in [0.15, 0.2) is 0 Å². The van der Waals surface area contributed by atoms with Gasteiger partial charge in [-0.1, -0.05) is 113 Å². The van der Waals surface area contributed by atoms with Gasteiger partial charge < -0.3 is 10.0 Å². The molecule has 0 spiro atoms. The summed E-state index contributed by atoms with van der Waals surface area (Å²) in [6, 6.07) is 11.5. The summed E-state index contributed by atoms with van der Waals surface area (Å²) in [6.45, 7) is 21.2. The molecule has 0 fully saturated rings. The molecule has 3 heteroatoms. The van der Waals surface area contributed by atoms with Crippen molar-refractivity contribution in [2.24, 2.45) is 0 Å². The van der Waals surface area contributed by atoms with E-state index in [0.29, 0.717) is 14.3 Å². The van der Waals surface area contributed by atoms with Crippen LogP contribution in [0.15, 0.2) is 30.3 Å². The maximum atomic E-state index is 11.7. The predicted molar refractivity (Wildman–Crippen MR) is 149 cm³/mol. The standard InChI is InChI=1S/C30H48NOP/c1-12-13-16-30(9,33-26-15-14-21(2)17-22(26)20-31(10)11)25-19-23(28(3,4)5)18-24(27(25)32)29(6,7)8/h14-15,17-19,32-33H,12-13,16,20H2,1-11H3. The zero-order valence-corrected chi connectivity index (χ0v) is 24.1. The third-order valence-corrected chi connectivity index (χ3v) is 8.39. The van der Waals surface area contributed by atoms with Crippen molar-refractivity contribution in [1.82, 2.24) is 4.90 Å². The molecule has 0 saturated heterocycles. The van der Waals surface area contributed by atoms with E-state index in [9.17, 15) is 5.11 Å². The van der Waals surface area contributed by atoms with E-state index in [1.54, 1.807) is 0 Å². The van der Waals surface area contributed by atoms with Gasteiger partial charge in [-0.15, -0.1) is 0 Å². The number of phenolic OH excluding ortho intramolecular Hbond substituents is 1. The molecule has 0 aliphatic heterocycles. The molecule has 2 rings (SSSR count). The molecule has 2 nitrogen and oxygen atoms in total. The Morgan fingerprint density at radius 2 is 1.48 bits per heavy atom. The number of benzene rings is 2. The first-order chi connectivity index (χ1) is 15.1. The predicted octanol–water partition coefficient (Wildman–Crippen LogP) is 7.77. The lowest BCUT2D eigenvalue weighted by Crippen LogP contribution is -2.25. The Morgan fingerprint density at radius 3 is 2.00 bits per heavy atom. The Bertz CT molecular complexity index is 949. The molecular formula is C30H48NOP. The van der Waals surface area contributed by atoms with Gasteiger partial charge in [-0.25, -0.2) is 0 Å². The average molecular weight is 470 g/mol. The quantitative estimate of drug-likeness (QED) is 0.399. The molecule has 0 amide bonds. The number of phenols is 1. The normalized spacial score (nSPS) is 14.9. The number of aromatic hydroxyl groups is 1. The van der Waals surface area contributed by atoms with Crippen molar-refractivity contribution in [3.05, 3.63) is 58.1 Å². The number of nitrogens with zero attached hydrogens (tertiary/aromatic N) is 1. The molecule has 33 heavy (non-hydrogen) atoms. The highest BCUT2D eigenvalue weighted by molar-refractivity contribution is 7.48. The lowest BCUT2D eigenvalue weighted by Gasteiger charge is -2.36. The van der Waals surface area contributed by atoms with Crippen molar-refractivity contribution < 1.29 is 5.11 Å². The van der Waals surface area contributed by atoms with E-state index < -0.39 is 0 Å². The number of aryl methyl sites for hydroxylation is 1. The molecule has 0 aliphatic carbocycles. The lowest BCUT2D eigenvalue weighted by molar-refractivity contribution is 0.403. The van der Waals surface area contributed by atoms with Gasteiger partial charge in [-0.3, -0.25) is 0 Å². The summed E-state index contributed by atoms with van der Waals surface area (Å²) in [7, 11) is 4.88. The Labute approximate surface area is 206 Å². The van der Waals surface area contributed by atoms with Crippen molar-refractivity contribution in [2.75, 3.05) is 14.1 Å². The molecule has 2 unspecified atom stereocenters. The minimum Gasteiger partial charge on any atom is -0.507 e. The summed E-state index contributed by atoms with van der Waals surface area (Å²) in [4.78, 5) is 2.25. The van der Waals surface area contributed by atoms with E-state index in [-0.39, 0.29) is 16.0 Å². The van der Waals surface area contributed by atoms with Gasteiger partial charge >= 0.3 is 0 Å². The van der Waals surface area contributed by atoms with Gasteiger partial charge in [-0.05, 0) is 60.3 Å². The summed E-state index contributed by atoms with van der Waals surface area (Å²) < 4.78 is 0. The molecule has 1 N–H and O–H groups in total. The van der Waals surface area contributed by atoms with E-state index in [0.717, 1.165) is 36.9 Å². The summed E-state index contributed by atoms with van der Waals surface area (Å²) in [5.41, 5.74) is 6.13. The average Bonchev–Trinajstić information content (AvgIpc) is 2.66. The van der Waals surface area contributed by atoms with Crippen LogP contribution in [0.2, 0.25) is 0 Å². The van der Waals surface area contributed by atoms with E-state index in [4.69, 9.17) is 0 Å². The van der Waals surface area contributed by atoms with Gasteiger partial charge in [0.05, 0.1) is 0 Å². The number of hydrogen-bond donors (Lipinski definition) is 1. The number of unbranched alkanes of at least 4 members (excludes halogenated alkanes) is 1. The highest BCUT2D eigenvalue weighted by Crippen LogP contribution is 2.51. The van der Waals surface area contributed by atoms with Crippen LogP contribution in [0.25, 0.3) is 0 Å². The summed E-state index contributed by atoms with van der Waals surface area (Å²) in [5.74, 6) is 0.503. The van der Waals surface area contributed by atoms with E-state index >= 15 is 0 Å². The Hall–Kier alpha value is -1.37. The highest BCUT2D eigenvalue weighted by atomic mass is 31.1. The Morgan fingerprint density at radius 1 is 0.879 bits per heavy atom. The molecule has 0 radical (unpaired) electrons. The number of hydrogen-bond acceptors (Lipinski definition) is 2. The van der Waals surface area contributed by atoms with Gasteiger partial charge in [0.25, 0.3) is 0 Å². The molecule has 0 aliphatic rings. The fourth-order valence-corrected chi connectivity index (χ4v) is 6.17. The minimum atomic E-state index is -0.116. The first-order valence-electron chi connectivity index (χ1n) is 12.5. The van der Waals surface area contributed by atoms with Crippen molar-refractivity contribution in [2.45, 2.75) is 104 Å². The van der Waals surface area contributed by atoms with Gasteiger partial charge in [0, 0.05) is 17.3 Å². The van der Waals surface area contributed by atoms with Crippen LogP contribution >= 0.6 is 8.58 Å². The van der Waals surface area contributed by atoms with Crippen molar-refractivity contribution >= 4 is 13.9 Å². The van der Waals surface area contributed by atoms with Crippen LogP contribution in [0, 0.1) is 6.92 Å². The molecule has 0 heterocycles. The first-order valence-corrected chi connectivity index (χ1v) is 13.5. The van der Waals surface area contributed by atoms with E-state index in [2.05, 4.69) is 112 Å². The molecule has 0 aromatic heterocycles. The van der Waals surface area contributed by atoms with Crippen LogP contribution in [0.5, 0.6) is 5.75 Å². The third-order valence-electron chi connectivity index (χ3n) is 6.57. The second-order valence-electron chi connectivity index (χ2n) is 12.4. The summed E-state index contributed by atoms with van der Waals surface area (Å²) in [6.07, 6.45) is 3.38. The SMILES string of the molecule is CCCCC(C)(Pc1ccc(C)cc1CN(C)C)c1cc(C(C)(C)C)cc(C(C)(C)C)c1O. The van der Waals surface area contributed by atoms with Crippen LogP contribution in [0.4, 0.5) is 0 Å². The molecule has 0 bridgehead atoms. The second kappa shape index (κ2) is 10.5. The fraction of sp³-hybridized carbons (Fsp3) is 0.600. The molecule has 2 atom stereocenters. The van der Waals surface area contributed by atoms with E-state index in [1.165, 1.54) is 22.0 Å². The zero-order valence-electron chi connectivity index (χ0n) is 23.1. The van der Waals surface area contributed by atoms with Crippen molar-refractivity contribution in [1.29, 1.82) is 0 Å². The summed E-state index contributed by atoms with van der Waals surface area (Å²) >= 11 is 0. The maximum absolute atomic E-state index is 11.7. The molecule has 2 aromatic carbocycles. The van der Waals surface area contributed by atoms with Gasteiger partial charge in [-0.2, -0.15) is 0 Å². The molecule has 2 aromatic rings. The van der Waals surface area contributed by atoms with Gasteiger partial charge in [0.1, 0.15) is 5.75 Å². The zero-order chi connectivity index (χ0) is 25.2. The van der Waals surface area contributed by atoms with Crippen molar-refractivity contribution in [3.63, 3.8) is 0 Å². The van der Waals surface area contributed by atoms with Crippen LogP contribution in [-0.2, 0) is 22.5 Å². The second-order valence-corrected chi connectivity index (χ2v) is 14.3. The molecule has 0 saturated carbocycles. The van der Waals surface area contributed by atoms with Crippen LogP contribution in [-0.4, -0.2) is 24.1 Å². The highest BCUT2D eigenvalue weighted by Gasteiger charge is 2.34. The smallest absolute Gasteiger partial charge is 0.123 e. The maximum Gasteiger partial charge on any atom is 0.123 e. The largest absolute Gasteiger partial charge is 0.507 e. The van der Waals surface area contributed by atoms with Crippen LogP contribution in [0.3, 0.4) is 0 Å². The minimum absolute atomic E-state index is 0.0250. The first kappa shape index (κ1) is 27.9. The van der Waals surface area contributed by atoms with Crippen LogP contribution in [0.1, 0.15) is 102 Å². The molecule has 184 valence electrons. The molecular weight excluding hydrogens is 421 g/mol. The number of rotatable bonds is 8. The van der Waals surface area contributed by atoms with E-state index in [1.807, 2.05) is 0 Å².